The lowest BCUT2D eigenvalue weighted by atomic mass is 10.3. The topological polar surface area (TPSA) is 74.0 Å². The van der Waals surface area contributed by atoms with Crippen molar-refractivity contribution in [3.05, 3.63) is 18.2 Å². The highest BCUT2D eigenvalue weighted by molar-refractivity contribution is 7.80. The second kappa shape index (κ2) is 7.12. The van der Waals surface area contributed by atoms with E-state index in [0.717, 1.165) is 0 Å². The van der Waals surface area contributed by atoms with Crippen LogP contribution in [0.15, 0.2) is 18.2 Å². The molecule has 0 atom stereocenters. The first-order valence-corrected chi connectivity index (χ1v) is 7.02. The van der Waals surface area contributed by atoms with E-state index in [0.29, 0.717) is 48.2 Å². The van der Waals surface area contributed by atoms with Gasteiger partial charge < -0.3 is 24.8 Å². The van der Waals surface area contributed by atoms with E-state index in [9.17, 15) is 4.79 Å². The molecule has 1 aromatic rings. The second-order valence-corrected chi connectivity index (χ2v) is 5.17. The number of fused-ring (bicyclic) bond motifs is 1. The van der Waals surface area contributed by atoms with Crippen LogP contribution in [0.25, 0.3) is 0 Å². The average Bonchev–Trinajstić information content (AvgIpc) is 2.92. The predicted octanol–water partition coefficient (Wildman–Crippen LogP) is 1.32. The maximum atomic E-state index is 11.9. The van der Waals surface area contributed by atoms with E-state index in [2.05, 4.69) is 0 Å². The molecule has 6 nitrogen and oxygen atoms in total. The molecule has 1 aliphatic rings. The summed E-state index contributed by atoms with van der Waals surface area (Å²) in [5.74, 6) is 2.01. The molecule has 1 aliphatic heterocycles. The highest BCUT2D eigenvalue weighted by Crippen LogP contribution is 2.35. The number of hydrogen-bond donors (Lipinski definition) is 1. The maximum Gasteiger partial charge on any atom is 0.231 e. The van der Waals surface area contributed by atoms with Crippen molar-refractivity contribution in [1.82, 2.24) is 4.90 Å². The van der Waals surface area contributed by atoms with Crippen molar-refractivity contribution in [1.29, 1.82) is 0 Å². The van der Waals surface area contributed by atoms with Gasteiger partial charge in [-0.2, -0.15) is 0 Å². The van der Waals surface area contributed by atoms with Gasteiger partial charge in [0.05, 0.1) is 18.0 Å². The summed E-state index contributed by atoms with van der Waals surface area (Å²) < 4.78 is 16.0. The number of carbonyl (C=O) groups excluding carboxylic acids is 1. The number of rotatable bonds is 7. The third kappa shape index (κ3) is 4.49. The van der Waals surface area contributed by atoms with Gasteiger partial charge in [0, 0.05) is 26.1 Å². The quantitative estimate of drug-likeness (QED) is 0.766. The van der Waals surface area contributed by atoms with Crippen molar-refractivity contribution in [3.8, 4) is 17.2 Å². The highest BCUT2D eigenvalue weighted by atomic mass is 32.1. The zero-order valence-electron chi connectivity index (χ0n) is 11.8. The van der Waals surface area contributed by atoms with Crippen LogP contribution in [0.3, 0.4) is 0 Å². The van der Waals surface area contributed by atoms with Gasteiger partial charge >= 0.3 is 0 Å². The minimum Gasteiger partial charge on any atom is -0.493 e. The Morgan fingerprint density at radius 2 is 2.14 bits per heavy atom. The molecule has 1 aromatic carbocycles. The van der Waals surface area contributed by atoms with Crippen molar-refractivity contribution in [2.75, 3.05) is 27.0 Å². The van der Waals surface area contributed by atoms with Crippen molar-refractivity contribution < 1.29 is 19.0 Å². The molecule has 7 heteroatoms. The number of carbonyl (C=O) groups is 1. The fourth-order valence-corrected chi connectivity index (χ4v) is 1.91. The van der Waals surface area contributed by atoms with Gasteiger partial charge in [0.25, 0.3) is 0 Å². The second-order valence-electron chi connectivity index (χ2n) is 4.65. The summed E-state index contributed by atoms with van der Waals surface area (Å²) in [7, 11) is 1.72. The first kappa shape index (κ1) is 15.4. The molecule has 0 aliphatic carbocycles. The molecule has 21 heavy (non-hydrogen) atoms. The molecule has 0 fully saturated rings. The SMILES string of the molecule is CN(CCC(N)=S)C(=O)CCOc1ccc2c(c1)OCO2. The summed E-state index contributed by atoms with van der Waals surface area (Å²) in [5.41, 5.74) is 5.41. The molecule has 0 unspecified atom stereocenters. The fourth-order valence-electron chi connectivity index (χ4n) is 1.82. The Morgan fingerprint density at radius 3 is 2.90 bits per heavy atom. The van der Waals surface area contributed by atoms with E-state index in [-0.39, 0.29) is 12.7 Å². The molecule has 2 N–H and O–H groups in total. The van der Waals surface area contributed by atoms with Crippen molar-refractivity contribution >= 4 is 23.1 Å². The number of thiocarbonyl (C=S) groups is 1. The number of amides is 1. The van der Waals surface area contributed by atoms with Crippen LogP contribution in [0.2, 0.25) is 0 Å². The minimum absolute atomic E-state index is 0.00741. The van der Waals surface area contributed by atoms with E-state index in [1.807, 2.05) is 0 Å². The third-order valence-electron chi connectivity index (χ3n) is 3.05. The molecule has 1 heterocycles. The van der Waals surface area contributed by atoms with E-state index in [1.54, 1.807) is 30.1 Å². The third-order valence-corrected chi connectivity index (χ3v) is 3.25. The Bertz CT molecular complexity index is 536. The minimum atomic E-state index is -0.00741. The zero-order valence-corrected chi connectivity index (χ0v) is 12.6. The molecule has 2 rings (SSSR count). The van der Waals surface area contributed by atoms with Gasteiger partial charge in [-0.25, -0.2) is 0 Å². The lowest BCUT2D eigenvalue weighted by Gasteiger charge is -2.16. The number of nitrogens with zero attached hydrogens (tertiary/aromatic N) is 1. The molecule has 0 spiro atoms. The summed E-state index contributed by atoms with van der Waals surface area (Å²) in [6, 6.07) is 5.33. The summed E-state index contributed by atoms with van der Waals surface area (Å²) in [6.07, 6.45) is 0.822. The summed E-state index contributed by atoms with van der Waals surface area (Å²) in [4.78, 5) is 13.9. The first-order chi connectivity index (χ1) is 10.1. The van der Waals surface area contributed by atoms with Crippen molar-refractivity contribution in [2.24, 2.45) is 5.73 Å². The van der Waals surface area contributed by atoms with Crippen LogP contribution in [0, 0.1) is 0 Å². The van der Waals surface area contributed by atoms with Crippen LogP contribution >= 0.6 is 12.2 Å². The number of nitrogens with two attached hydrogens (primary N) is 1. The standard InChI is InChI=1S/C14H18N2O4S/c1-16(6-4-13(15)21)14(17)5-7-18-10-2-3-11-12(8-10)20-9-19-11/h2-3,8H,4-7,9H2,1H3,(H2,15,21). The van der Waals surface area contributed by atoms with Gasteiger partial charge in [0.1, 0.15) is 5.75 Å². The maximum absolute atomic E-state index is 11.9. The average molecular weight is 310 g/mol. The zero-order chi connectivity index (χ0) is 15.2. The van der Waals surface area contributed by atoms with E-state index in [4.69, 9.17) is 32.2 Å². The van der Waals surface area contributed by atoms with E-state index < -0.39 is 0 Å². The molecule has 0 saturated heterocycles. The Morgan fingerprint density at radius 1 is 1.38 bits per heavy atom. The molecule has 0 radical (unpaired) electrons. The van der Waals surface area contributed by atoms with E-state index in [1.165, 1.54) is 0 Å². The van der Waals surface area contributed by atoms with Crippen LogP contribution < -0.4 is 19.9 Å². The van der Waals surface area contributed by atoms with Crippen LogP contribution in [0.5, 0.6) is 17.2 Å². The molecule has 1 amide bonds. The van der Waals surface area contributed by atoms with Crippen LogP contribution in [-0.4, -0.2) is 42.8 Å². The smallest absolute Gasteiger partial charge is 0.231 e. The number of ether oxygens (including phenoxy) is 3. The lowest BCUT2D eigenvalue weighted by Crippen LogP contribution is -2.30. The van der Waals surface area contributed by atoms with Crippen molar-refractivity contribution in [2.45, 2.75) is 12.8 Å². The monoisotopic (exact) mass is 310 g/mol. The summed E-state index contributed by atoms with van der Waals surface area (Å²) >= 11 is 4.78. The van der Waals surface area contributed by atoms with Gasteiger partial charge in [0.2, 0.25) is 12.7 Å². The number of hydrogen-bond acceptors (Lipinski definition) is 5. The van der Waals surface area contributed by atoms with Gasteiger partial charge in [0.15, 0.2) is 11.5 Å². The molecule has 0 saturated carbocycles. The predicted molar refractivity (Wildman–Crippen MR) is 81.7 cm³/mol. The van der Waals surface area contributed by atoms with Crippen molar-refractivity contribution in [3.63, 3.8) is 0 Å². The Balaban J connectivity index is 1.73. The summed E-state index contributed by atoms with van der Waals surface area (Å²) in [6.45, 7) is 1.05. The van der Waals surface area contributed by atoms with Gasteiger partial charge in [-0.15, -0.1) is 0 Å². The largest absolute Gasteiger partial charge is 0.493 e. The molecule has 114 valence electrons. The van der Waals surface area contributed by atoms with Crippen LogP contribution in [0.1, 0.15) is 12.8 Å². The summed E-state index contributed by atoms with van der Waals surface area (Å²) in [5, 5.41) is 0. The lowest BCUT2D eigenvalue weighted by molar-refractivity contribution is -0.130. The van der Waals surface area contributed by atoms with E-state index >= 15 is 0 Å². The molecular formula is C14H18N2O4S. The highest BCUT2D eigenvalue weighted by Gasteiger charge is 2.14. The molecule has 0 aromatic heterocycles. The van der Waals surface area contributed by atoms with Crippen LogP contribution in [0.4, 0.5) is 0 Å². The van der Waals surface area contributed by atoms with Crippen LogP contribution in [-0.2, 0) is 4.79 Å². The Hall–Kier alpha value is -2.02. The molecule has 0 bridgehead atoms. The van der Waals surface area contributed by atoms with Gasteiger partial charge in [-0.1, -0.05) is 12.2 Å². The Kier molecular flexibility index (Phi) is 5.21. The normalized spacial score (nSPS) is 12.0. The van der Waals surface area contributed by atoms with Gasteiger partial charge in [-0.05, 0) is 12.1 Å². The Labute approximate surface area is 128 Å². The number of benzene rings is 1. The molecular weight excluding hydrogens is 292 g/mol. The fraction of sp³-hybridized carbons (Fsp3) is 0.429. The first-order valence-electron chi connectivity index (χ1n) is 6.61. The van der Waals surface area contributed by atoms with Gasteiger partial charge in [-0.3, -0.25) is 4.79 Å².